The van der Waals surface area contributed by atoms with Crippen LogP contribution in [0, 0.1) is 6.92 Å². The minimum Gasteiger partial charge on any atom is -0.478 e. The summed E-state index contributed by atoms with van der Waals surface area (Å²) in [6.45, 7) is 2.99. The van der Waals surface area contributed by atoms with E-state index in [-0.39, 0.29) is 0 Å². The molecule has 0 saturated carbocycles. The van der Waals surface area contributed by atoms with Gasteiger partial charge >= 0.3 is 5.97 Å². The monoisotopic (exact) mass is 225 g/mol. The third-order valence-corrected chi connectivity index (χ3v) is 1.94. The van der Waals surface area contributed by atoms with Crippen molar-refractivity contribution in [2.45, 2.75) is 6.92 Å². The van der Waals surface area contributed by atoms with Gasteiger partial charge in [-0.15, -0.1) is 5.10 Å². The zero-order chi connectivity index (χ0) is 12.0. The van der Waals surface area contributed by atoms with Crippen LogP contribution in [0.5, 0.6) is 5.88 Å². The number of nitrogens with one attached hydrogen (secondary N) is 2. The number of rotatable bonds is 6. The van der Waals surface area contributed by atoms with Gasteiger partial charge in [0.15, 0.2) is 0 Å². The number of likely N-dealkylation sites (N-methyl/N-ethyl adjacent to an activating group) is 1. The molecular weight excluding hydrogens is 210 g/mol. The van der Waals surface area contributed by atoms with Gasteiger partial charge in [0.1, 0.15) is 6.61 Å². The molecule has 1 aromatic rings. The molecule has 88 valence electrons. The third kappa shape index (κ3) is 3.39. The highest BCUT2D eigenvalue weighted by Crippen LogP contribution is 2.19. The minimum atomic E-state index is -0.998. The number of carbonyl (C=O) groups is 1. The smallest absolute Gasteiger partial charge is 0.328 e. The van der Waals surface area contributed by atoms with E-state index in [1.54, 1.807) is 6.92 Å². The summed E-state index contributed by atoms with van der Waals surface area (Å²) in [5.41, 5.74) is 1.44. The average molecular weight is 225 g/mol. The van der Waals surface area contributed by atoms with Gasteiger partial charge in [-0.05, 0) is 20.0 Å². The van der Waals surface area contributed by atoms with Crippen molar-refractivity contribution in [1.29, 1.82) is 0 Å². The first-order valence-electron chi connectivity index (χ1n) is 4.88. The number of aromatic amines is 1. The highest BCUT2D eigenvalue weighted by Gasteiger charge is 2.08. The van der Waals surface area contributed by atoms with Crippen LogP contribution in [0.15, 0.2) is 6.08 Å². The fraction of sp³-hybridized carbons (Fsp3) is 0.400. The fourth-order valence-electron chi connectivity index (χ4n) is 1.13. The van der Waals surface area contributed by atoms with Gasteiger partial charge in [-0.25, -0.2) is 4.79 Å². The highest BCUT2D eigenvalue weighted by molar-refractivity contribution is 5.86. The van der Waals surface area contributed by atoms with Crippen LogP contribution in [0.4, 0.5) is 0 Å². The second-order valence-corrected chi connectivity index (χ2v) is 3.19. The van der Waals surface area contributed by atoms with E-state index >= 15 is 0 Å². The Balaban J connectivity index is 2.73. The van der Waals surface area contributed by atoms with Gasteiger partial charge in [-0.3, -0.25) is 5.10 Å². The molecule has 0 atom stereocenters. The summed E-state index contributed by atoms with van der Waals surface area (Å²) in [7, 11) is 1.82. The van der Waals surface area contributed by atoms with E-state index in [2.05, 4.69) is 15.5 Å². The first-order valence-corrected chi connectivity index (χ1v) is 4.88. The molecule has 0 bridgehead atoms. The molecule has 1 rings (SSSR count). The zero-order valence-electron chi connectivity index (χ0n) is 9.28. The summed E-state index contributed by atoms with van der Waals surface area (Å²) in [5.74, 6) is -0.577. The summed E-state index contributed by atoms with van der Waals surface area (Å²) in [5, 5.41) is 18.2. The summed E-state index contributed by atoms with van der Waals surface area (Å²) in [6.07, 6.45) is 2.53. The van der Waals surface area contributed by atoms with Crippen LogP contribution in [-0.4, -0.2) is 41.5 Å². The van der Waals surface area contributed by atoms with E-state index in [9.17, 15) is 4.79 Å². The molecule has 3 N–H and O–H groups in total. The van der Waals surface area contributed by atoms with Crippen LogP contribution in [0.25, 0.3) is 6.08 Å². The number of carboxylic acids is 1. The Labute approximate surface area is 93.3 Å². The van der Waals surface area contributed by atoms with Crippen LogP contribution >= 0.6 is 0 Å². The predicted octanol–water partition coefficient (Wildman–Crippen LogP) is 0.414. The number of aromatic nitrogens is 2. The van der Waals surface area contributed by atoms with Gasteiger partial charge in [-0.1, -0.05) is 0 Å². The van der Waals surface area contributed by atoms with Crippen LogP contribution in [0.3, 0.4) is 0 Å². The Morgan fingerprint density at radius 3 is 3.06 bits per heavy atom. The number of hydrogen-bond donors (Lipinski definition) is 3. The van der Waals surface area contributed by atoms with Crippen LogP contribution in [-0.2, 0) is 4.79 Å². The average Bonchev–Trinajstić information content (AvgIpc) is 2.57. The van der Waals surface area contributed by atoms with Gasteiger partial charge in [-0.2, -0.15) is 0 Å². The molecule has 6 heteroatoms. The van der Waals surface area contributed by atoms with E-state index in [0.29, 0.717) is 24.6 Å². The molecule has 0 unspecified atom stereocenters. The number of H-pyrrole nitrogens is 1. The Hall–Kier alpha value is -1.82. The van der Waals surface area contributed by atoms with Crippen molar-refractivity contribution < 1.29 is 14.6 Å². The molecule has 0 amide bonds. The van der Waals surface area contributed by atoms with Gasteiger partial charge in [0.05, 0.1) is 5.56 Å². The highest BCUT2D eigenvalue weighted by atomic mass is 16.5. The lowest BCUT2D eigenvalue weighted by Crippen LogP contribution is -2.16. The van der Waals surface area contributed by atoms with Crippen molar-refractivity contribution in [3.05, 3.63) is 17.3 Å². The van der Waals surface area contributed by atoms with Crippen LogP contribution in [0.1, 0.15) is 11.3 Å². The van der Waals surface area contributed by atoms with Crippen LogP contribution in [0.2, 0.25) is 0 Å². The van der Waals surface area contributed by atoms with Crippen molar-refractivity contribution in [3.8, 4) is 5.88 Å². The Morgan fingerprint density at radius 2 is 2.44 bits per heavy atom. The van der Waals surface area contributed by atoms with Crippen LogP contribution < -0.4 is 10.1 Å². The second-order valence-electron chi connectivity index (χ2n) is 3.19. The molecule has 0 spiro atoms. The first-order chi connectivity index (χ1) is 7.65. The summed E-state index contributed by atoms with van der Waals surface area (Å²) in [6, 6.07) is 0. The van der Waals surface area contributed by atoms with Gasteiger partial charge in [0.25, 0.3) is 0 Å². The molecule has 0 aliphatic heterocycles. The van der Waals surface area contributed by atoms with Crippen molar-refractivity contribution >= 4 is 12.0 Å². The molecule has 0 saturated heterocycles. The molecule has 0 aliphatic rings. The molecule has 0 aromatic carbocycles. The maximum Gasteiger partial charge on any atom is 0.328 e. The van der Waals surface area contributed by atoms with Gasteiger partial charge in [0, 0.05) is 18.3 Å². The van der Waals surface area contributed by atoms with Crippen molar-refractivity contribution in [2.75, 3.05) is 20.2 Å². The number of hydrogen-bond acceptors (Lipinski definition) is 4. The van der Waals surface area contributed by atoms with Crippen molar-refractivity contribution in [3.63, 3.8) is 0 Å². The summed E-state index contributed by atoms with van der Waals surface area (Å²) < 4.78 is 5.38. The van der Waals surface area contributed by atoms with E-state index < -0.39 is 5.97 Å². The van der Waals surface area contributed by atoms with E-state index in [4.69, 9.17) is 9.84 Å². The number of carboxylic acid groups (broad SMARTS) is 1. The van der Waals surface area contributed by atoms with Gasteiger partial charge < -0.3 is 15.2 Å². The summed E-state index contributed by atoms with van der Waals surface area (Å²) >= 11 is 0. The Kier molecular flexibility index (Phi) is 4.53. The van der Waals surface area contributed by atoms with Crippen molar-refractivity contribution in [2.24, 2.45) is 0 Å². The SMILES string of the molecule is CNCCOc1n[nH]c(C)c1/C=C/C(=O)O. The normalized spacial score (nSPS) is 10.9. The van der Waals surface area contributed by atoms with E-state index in [1.807, 2.05) is 7.05 Å². The molecule has 1 aromatic heterocycles. The topological polar surface area (TPSA) is 87.2 Å². The summed E-state index contributed by atoms with van der Waals surface area (Å²) in [4.78, 5) is 10.4. The lowest BCUT2D eigenvalue weighted by Gasteiger charge is -2.02. The standard InChI is InChI=1S/C10H15N3O3/c1-7-8(3-4-9(14)15)10(13-12-7)16-6-5-11-2/h3-4,11H,5-6H2,1-2H3,(H,12,13)(H,14,15)/b4-3+. The molecule has 16 heavy (non-hydrogen) atoms. The number of nitrogens with zero attached hydrogens (tertiary/aromatic N) is 1. The maximum atomic E-state index is 10.4. The first kappa shape index (κ1) is 12.3. The lowest BCUT2D eigenvalue weighted by molar-refractivity contribution is -0.131. The number of aliphatic carboxylic acids is 1. The number of ether oxygens (including phenoxy) is 1. The predicted molar refractivity (Wildman–Crippen MR) is 59.4 cm³/mol. The molecular formula is C10H15N3O3. The second kappa shape index (κ2) is 5.92. The fourth-order valence-corrected chi connectivity index (χ4v) is 1.13. The zero-order valence-corrected chi connectivity index (χ0v) is 9.28. The van der Waals surface area contributed by atoms with Crippen molar-refractivity contribution in [1.82, 2.24) is 15.5 Å². The number of aryl methyl sites for hydroxylation is 1. The lowest BCUT2D eigenvalue weighted by atomic mass is 10.2. The quantitative estimate of drug-likeness (QED) is 0.482. The van der Waals surface area contributed by atoms with E-state index in [1.165, 1.54) is 6.08 Å². The Morgan fingerprint density at radius 1 is 1.69 bits per heavy atom. The largest absolute Gasteiger partial charge is 0.478 e. The van der Waals surface area contributed by atoms with E-state index in [0.717, 1.165) is 11.8 Å². The minimum absolute atomic E-state index is 0.422. The maximum absolute atomic E-state index is 10.4. The molecule has 0 radical (unpaired) electrons. The molecule has 6 nitrogen and oxygen atoms in total. The molecule has 0 fully saturated rings. The van der Waals surface area contributed by atoms with Gasteiger partial charge in [0.2, 0.25) is 5.88 Å². The molecule has 1 heterocycles. The molecule has 0 aliphatic carbocycles. The third-order valence-electron chi connectivity index (χ3n) is 1.94. The Bertz CT molecular complexity index is 385.